The maximum atomic E-state index is 13.0. The van der Waals surface area contributed by atoms with E-state index in [1.807, 2.05) is 4.90 Å². The lowest BCUT2D eigenvalue weighted by atomic mass is 9.93. The van der Waals surface area contributed by atoms with E-state index in [1.54, 1.807) is 0 Å². The largest absolute Gasteiger partial charge is 0.353 e. The molecule has 0 unspecified atom stereocenters. The minimum Gasteiger partial charge on any atom is -0.353 e. The molecule has 4 aliphatic rings. The van der Waals surface area contributed by atoms with Crippen molar-refractivity contribution in [2.45, 2.75) is 75.5 Å². The Bertz CT molecular complexity index is 586. The minimum atomic E-state index is -0.0126. The highest BCUT2D eigenvalue weighted by Crippen LogP contribution is 2.33. The van der Waals surface area contributed by atoms with Crippen molar-refractivity contribution >= 4 is 11.8 Å². The number of piperazine rings is 1. The first-order chi connectivity index (χ1) is 14.0. The Balaban J connectivity index is 1.35. The Morgan fingerprint density at radius 1 is 1.00 bits per heavy atom. The van der Waals surface area contributed by atoms with Crippen molar-refractivity contribution in [2.75, 3.05) is 53.4 Å². The zero-order valence-electron chi connectivity index (χ0n) is 18.3. The maximum Gasteiger partial charge on any atom is 0.239 e. The Kier molecular flexibility index (Phi) is 6.76. The van der Waals surface area contributed by atoms with Crippen molar-refractivity contribution < 1.29 is 9.59 Å². The second-order valence-corrected chi connectivity index (χ2v) is 9.62. The number of carbonyl (C=O) groups excluding carboxylic acids is 2. The standard InChI is InChI=1S/C22H39N5O2/c1-24-12-14-26(15-13-24)20(28)9-8-18-16-23-22(29)21-19(25(18)2)10-11-27(21)17-6-4-3-5-7-17/h17-19,21H,3-16H2,1-2H3,(H,23,29)/t18-,19+,21-/m0/s1. The third-order valence-electron chi connectivity index (χ3n) is 7.88. The predicted molar refractivity (Wildman–Crippen MR) is 114 cm³/mol. The average molecular weight is 406 g/mol. The van der Waals surface area contributed by atoms with E-state index in [0.717, 1.165) is 45.6 Å². The highest BCUT2D eigenvalue weighted by atomic mass is 16.2. The Morgan fingerprint density at radius 2 is 1.72 bits per heavy atom. The van der Waals surface area contributed by atoms with E-state index in [1.165, 1.54) is 32.1 Å². The zero-order valence-corrected chi connectivity index (χ0v) is 18.3. The molecule has 3 atom stereocenters. The second kappa shape index (κ2) is 9.31. The molecule has 3 saturated heterocycles. The summed E-state index contributed by atoms with van der Waals surface area (Å²) in [4.78, 5) is 34.9. The molecule has 1 saturated carbocycles. The lowest BCUT2D eigenvalue weighted by molar-refractivity contribution is -0.133. The molecular formula is C22H39N5O2. The van der Waals surface area contributed by atoms with Crippen LogP contribution in [0.15, 0.2) is 0 Å². The van der Waals surface area contributed by atoms with Crippen LogP contribution in [0.3, 0.4) is 0 Å². The number of hydrogen-bond acceptors (Lipinski definition) is 5. The fraction of sp³-hybridized carbons (Fsp3) is 0.909. The summed E-state index contributed by atoms with van der Waals surface area (Å²) in [5.74, 6) is 0.478. The Hall–Kier alpha value is -1.18. The van der Waals surface area contributed by atoms with E-state index in [2.05, 4.69) is 34.1 Å². The van der Waals surface area contributed by atoms with Crippen LogP contribution in [0.2, 0.25) is 0 Å². The molecule has 1 aliphatic carbocycles. The molecule has 3 aliphatic heterocycles. The number of hydrogen-bond donors (Lipinski definition) is 1. The predicted octanol–water partition coefficient (Wildman–Crippen LogP) is 0.746. The number of carbonyl (C=O) groups is 2. The molecule has 4 fully saturated rings. The van der Waals surface area contributed by atoms with Crippen molar-refractivity contribution in [1.29, 1.82) is 0 Å². The number of rotatable bonds is 4. The first-order valence-electron chi connectivity index (χ1n) is 11.8. The van der Waals surface area contributed by atoms with E-state index < -0.39 is 0 Å². The summed E-state index contributed by atoms with van der Waals surface area (Å²) in [7, 11) is 4.28. The Morgan fingerprint density at radius 3 is 2.45 bits per heavy atom. The van der Waals surface area contributed by atoms with Crippen molar-refractivity contribution in [3.8, 4) is 0 Å². The van der Waals surface area contributed by atoms with Crippen LogP contribution in [0.25, 0.3) is 0 Å². The first kappa shape index (κ1) is 21.1. The van der Waals surface area contributed by atoms with Gasteiger partial charge in [0.25, 0.3) is 0 Å². The van der Waals surface area contributed by atoms with Gasteiger partial charge in [0.15, 0.2) is 0 Å². The van der Waals surface area contributed by atoms with E-state index >= 15 is 0 Å². The Labute approximate surface area is 175 Å². The summed E-state index contributed by atoms with van der Waals surface area (Å²) in [6, 6.07) is 1.09. The summed E-state index contributed by atoms with van der Waals surface area (Å²) in [6.07, 6.45) is 8.89. The molecule has 3 heterocycles. The summed E-state index contributed by atoms with van der Waals surface area (Å²) < 4.78 is 0. The smallest absolute Gasteiger partial charge is 0.239 e. The van der Waals surface area contributed by atoms with Crippen LogP contribution in [-0.2, 0) is 9.59 Å². The maximum absolute atomic E-state index is 13.0. The summed E-state index contributed by atoms with van der Waals surface area (Å²) >= 11 is 0. The number of amides is 2. The summed E-state index contributed by atoms with van der Waals surface area (Å²) in [6.45, 7) is 5.31. The van der Waals surface area contributed by atoms with Gasteiger partial charge in [0, 0.05) is 63.8 Å². The van der Waals surface area contributed by atoms with Gasteiger partial charge in [-0.3, -0.25) is 19.4 Å². The van der Waals surface area contributed by atoms with E-state index in [0.29, 0.717) is 19.0 Å². The molecule has 1 N–H and O–H groups in total. The fourth-order valence-electron chi connectivity index (χ4n) is 5.92. The SMILES string of the molecule is CN1CCN(C(=O)CC[C@H]2CNC(=O)[C@@H]3[C@@H](CCN3C3CCCCC3)N2C)CC1. The molecule has 0 aromatic carbocycles. The van der Waals surface area contributed by atoms with Gasteiger partial charge in [-0.25, -0.2) is 0 Å². The fourth-order valence-corrected chi connectivity index (χ4v) is 5.92. The second-order valence-electron chi connectivity index (χ2n) is 9.62. The van der Waals surface area contributed by atoms with Crippen LogP contribution in [0.1, 0.15) is 51.4 Å². The molecule has 0 aromatic rings. The van der Waals surface area contributed by atoms with Gasteiger partial charge in [0.2, 0.25) is 11.8 Å². The number of likely N-dealkylation sites (N-methyl/N-ethyl adjacent to an activating group) is 2. The van der Waals surface area contributed by atoms with Crippen LogP contribution >= 0.6 is 0 Å². The first-order valence-corrected chi connectivity index (χ1v) is 11.8. The highest BCUT2D eigenvalue weighted by Gasteiger charge is 2.47. The lowest BCUT2D eigenvalue weighted by Gasteiger charge is -2.37. The molecule has 2 amide bonds. The number of fused-ring (bicyclic) bond motifs is 1. The highest BCUT2D eigenvalue weighted by molar-refractivity contribution is 5.83. The summed E-state index contributed by atoms with van der Waals surface area (Å²) in [5, 5.41) is 3.22. The third kappa shape index (κ3) is 4.62. The number of nitrogens with zero attached hydrogens (tertiary/aromatic N) is 4. The van der Waals surface area contributed by atoms with Gasteiger partial charge in [-0.1, -0.05) is 19.3 Å². The monoisotopic (exact) mass is 405 g/mol. The average Bonchev–Trinajstić information content (AvgIpc) is 3.15. The molecule has 164 valence electrons. The normalized spacial score (nSPS) is 33.4. The van der Waals surface area contributed by atoms with Gasteiger partial charge in [0.05, 0.1) is 0 Å². The quantitative estimate of drug-likeness (QED) is 0.748. The zero-order chi connectivity index (χ0) is 20.4. The van der Waals surface area contributed by atoms with Gasteiger partial charge >= 0.3 is 0 Å². The van der Waals surface area contributed by atoms with Crippen molar-refractivity contribution in [3.63, 3.8) is 0 Å². The van der Waals surface area contributed by atoms with Crippen LogP contribution in [0, 0.1) is 0 Å². The number of nitrogens with one attached hydrogen (secondary N) is 1. The third-order valence-corrected chi connectivity index (χ3v) is 7.88. The molecular weight excluding hydrogens is 366 g/mol. The van der Waals surface area contributed by atoms with Gasteiger partial charge in [-0.2, -0.15) is 0 Å². The van der Waals surface area contributed by atoms with Gasteiger partial charge in [-0.05, 0) is 39.8 Å². The topological polar surface area (TPSA) is 59.1 Å². The lowest BCUT2D eigenvalue weighted by Crippen LogP contribution is -2.53. The van der Waals surface area contributed by atoms with Crippen molar-refractivity contribution in [1.82, 2.24) is 24.9 Å². The molecule has 0 bridgehead atoms. The molecule has 7 nitrogen and oxygen atoms in total. The van der Waals surface area contributed by atoms with Crippen LogP contribution in [-0.4, -0.2) is 109 Å². The molecule has 0 aromatic heterocycles. The molecule has 0 radical (unpaired) electrons. The van der Waals surface area contributed by atoms with Crippen LogP contribution in [0.5, 0.6) is 0 Å². The molecule has 29 heavy (non-hydrogen) atoms. The van der Waals surface area contributed by atoms with Crippen molar-refractivity contribution in [2.24, 2.45) is 0 Å². The van der Waals surface area contributed by atoms with Gasteiger partial charge in [-0.15, -0.1) is 0 Å². The molecule has 7 heteroatoms. The van der Waals surface area contributed by atoms with Crippen LogP contribution < -0.4 is 5.32 Å². The van der Waals surface area contributed by atoms with E-state index in [4.69, 9.17) is 0 Å². The molecule has 4 rings (SSSR count). The van der Waals surface area contributed by atoms with Crippen molar-refractivity contribution in [3.05, 3.63) is 0 Å². The number of likely N-dealkylation sites (tertiary alicyclic amines) is 1. The molecule has 0 spiro atoms. The van der Waals surface area contributed by atoms with Gasteiger partial charge in [0.1, 0.15) is 6.04 Å². The minimum absolute atomic E-state index is 0.0126. The van der Waals surface area contributed by atoms with Crippen LogP contribution in [0.4, 0.5) is 0 Å². The summed E-state index contributed by atoms with van der Waals surface area (Å²) in [5.41, 5.74) is 0. The van der Waals surface area contributed by atoms with E-state index in [9.17, 15) is 9.59 Å². The van der Waals surface area contributed by atoms with E-state index in [-0.39, 0.29) is 29.9 Å². The van der Waals surface area contributed by atoms with Gasteiger partial charge < -0.3 is 15.1 Å².